The first-order valence-corrected chi connectivity index (χ1v) is 10.3. The molecule has 1 N–H and O–H groups in total. The molecule has 0 radical (unpaired) electrons. The van der Waals surface area contributed by atoms with E-state index in [0.717, 1.165) is 5.39 Å². The number of carbonyl (C=O) groups is 1. The van der Waals surface area contributed by atoms with E-state index in [2.05, 4.69) is 0 Å². The second kappa shape index (κ2) is 7.41. The summed E-state index contributed by atoms with van der Waals surface area (Å²) < 4.78 is 27.6. The zero-order valence-corrected chi connectivity index (χ0v) is 16.1. The van der Waals surface area contributed by atoms with Crippen LogP contribution in [0, 0.1) is 0 Å². The van der Waals surface area contributed by atoms with E-state index >= 15 is 0 Å². The van der Waals surface area contributed by atoms with Gasteiger partial charge in [0.25, 0.3) is 10.0 Å². The molecule has 4 rings (SSSR count). The molecular weight excluding hydrogens is 386 g/mol. The zero-order valence-electron chi connectivity index (χ0n) is 15.3. The third-order valence-electron chi connectivity index (χ3n) is 4.65. The number of hydrogen-bond acceptors (Lipinski definition) is 3. The van der Waals surface area contributed by atoms with Crippen LogP contribution < -0.4 is 4.31 Å². The van der Waals surface area contributed by atoms with Crippen molar-refractivity contribution in [3.8, 4) is 11.1 Å². The third kappa shape index (κ3) is 3.34. The molecule has 4 aromatic rings. The van der Waals surface area contributed by atoms with Crippen LogP contribution in [0.5, 0.6) is 0 Å². The zero-order chi connectivity index (χ0) is 20.4. The lowest BCUT2D eigenvalue weighted by atomic mass is 10.1. The van der Waals surface area contributed by atoms with Gasteiger partial charge in [0.05, 0.1) is 10.6 Å². The molecule has 0 aliphatic carbocycles. The Morgan fingerprint density at radius 3 is 2.10 bits per heavy atom. The van der Waals surface area contributed by atoms with Gasteiger partial charge in [-0.15, -0.1) is 0 Å². The van der Waals surface area contributed by atoms with Crippen LogP contribution in [0.3, 0.4) is 0 Å². The van der Waals surface area contributed by atoms with Crippen molar-refractivity contribution in [1.29, 1.82) is 0 Å². The van der Waals surface area contributed by atoms with Crippen molar-refractivity contribution in [2.75, 3.05) is 4.31 Å². The number of fused-ring (bicyclic) bond motifs is 1. The van der Waals surface area contributed by atoms with Gasteiger partial charge in [-0.2, -0.15) is 4.31 Å². The van der Waals surface area contributed by atoms with Crippen LogP contribution in [0.4, 0.5) is 10.5 Å². The number of sulfonamides is 1. The molecular formula is C23H17NO4S. The fraction of sp³-hybridized carbons (Fsp3) is 0. The number of carboxylic acid groups (broad SMARTS) is 1. The Labute approximate surface area is 168 Å². The number of anilines is 1. The highest BCUT2D eigenvalue weighted by atomic mass is 32.2. The molecule has 0 atom stereocenters. The number of benzene rings is 4. The Morgan fingerprint density at radius 2 is 1.34 bits per heavy atom. The largest absolute Gasteiger partial charge is 0.464 e. The number of rotatable bonds is 4. The van der Waals surface area contributed by atoms with Gasteiger partial charge < -0.3 is 5.11 Å². The molecule has 6 heteroatoms. The summed E-state index contributed by atoms with van der Waals surface area (Å²) in [5.41, 5.74) is 1.23. The second-order valence-corrected chi connectivity index (χ2v) is 8.17. The molecule has 0 saturated heterocycles. The minimum atomic E-state index is -4.39. The molecule has 0 unspecified atom stereocenters. The number of amides is 1. The lowest BCUT2D eigenvalue weighted by Gasteiger charge is -2.22. The predicted octanol–water partition coefficient (Wildman–Crippen LogP) is 5.38. The molecule has 5 nitrogen and oxygen atoms in total. The highest BCUT2D eigenvalue weighted by Gasteiger charge is 2.33. The van der Waals surface area contributed by atoms with Gasteiger partial charge in [0.1, 0.15) is 0 Å². The standard InChI is InChI=1S/C23H17NO4S/c25-23(26)24(21-15-8-12-17-11-4-5-13-19(17)21)29(27,28)22-16-7-6-14-20(22)18-9-2-1-3-10-18/h1-16H,(H,25,26). The van der Waals surface area contributed by atoms with Crippen LogP contribution in [0.2, 0.25) is 0 Å². The van der Waals surface area contributed by atoms with E-state index in [-0.39, 0.29) is 10.6 Å². The van der Waals surface area contributed by atoms with Gasteiger partial charge in [-0.05, 0) is 23.1 Å². The molecule has 0 saturated carbocycles. The highest BCUT2D eigenvalue weighted by molar-refractivity contribution is 7.93. The fourth-order valence-electron chi connectivity index (χ4n) is 3.37. The van der Waals surface area contributed by atoms with Crippen LogP contribution in [0.15, 0.2) is 102 Å². The third-order valence-corrected chi connectivity index (χ3v) is 6.39. The van der Waals surface area contributed by atoms with Gasteiger partial charge in [-0.25, -0.2) is 13.2 Å². The molecule has 0 bridgehead atoms. The topological polar surface area (TPSA) is 74.7 Å². The first kappa shape index (κ1) is 18.7. The van der Waals surface area contributed by atoms with E-state index in [9.17, 15) is 18.3 Å². The van der Waals surface area contributed by atoms with Crippen molar-refractivity contribution in [1.82, 2.24) is 0 Å². The molecule has 0 aliphatic rings. The van der Waals surface area contributed by atoms with Gasteiger partial charge in [0.2, 0.25) is 0 Å². The van der Waals surface area contributed by atoms with Crippen LogP contribution >= 0.6 is 0 Å². The minimum absolute atomic E-state index is 0.0680. The summed E-state index contributed by atoms with van der Waals surface area (Å²) in [4.78, 5) is 12.1. The summed E-state index contributed by atoms with van der Waals surface area (Å²) in [6.07, 6.45) is -1.57. The lowest BCUT2D eigenvalue weighted by molar-refractivity contribution is 0.206. The van der Waals surface area contributed by atoms with Crippen molar-refractivity contribution in [2.45, 2.75) is 4.90 Å². The van der Waals surface area contributed by atoms with Crippen LogP contribution in [-0.2, 0) is 10.0 Å². The fourth-order valence-corrected chi connectivity index (χ4v) is 4.90. The van der Waals surface area contributed by atoms with E-state index in [1.165, 1.54) is 12.1 Å². The van der Waals surface area contributed by atoms with Gasteiger partial charge in [0.15, 0.2) is 0 Å². The van der Waals surface area contributed by atoms with Crippen LogP contribution in [0.1, 0.15) is 0 Å². The van der Waals surface area contributed by atoms with Crippen LogP contribution in [0.25, 0.3) is 21.9 Å². The minimum Gasteiger partial charge on any atom is -0.464 e. The average molecular weight is 403 g/mol. The summed E-state index contributed by atoms with van der Waals surface area (Å²) in [5.74, 6) is 0. The van der Waals surface area contributed by atoms with E-state index in [1.54, 1.807) is 60.7 Å². The van der Waals surface area contributed by atoms with E-state index in [4.69, 9.17) is 0 Å². The van der Waals surface area contributed by atoms with Gasteiger partial charge in [0, 0.05) is 10.9 Å². The summed E-state index contributed by atoms with van der Waals surface area (Å²) in [6, 6.07) is 27.5. The summed E-state index contributed by atoms with van der Waals surface area (Å²) in [5, 5.41) is 11.2. The van der Waals surface area contributed by atoms with Crippen molar-refractivity contribution in [3.63, 3.8) is 0 Å². The predicted molar refractivity (Wildman–Crippen MR) is 114 cm³/mol. The summed E-state index contributed by atoms with van der Waals surface area (Å²) in [6.45, 7) is 0. The molecule has 4 aromatic carbocycles. The average Bonchev–Trinajstić information content (AvgIpc) is 2.74. The first-order chi connectivity index (χ1) is 14.0. The quantitative estimate of drug-likeness (QED) is 0.496. The van der Waals surface area contributed by atoms with Crippen molar-refractivity contribution in [3.05, 3.63) is 97.1 Å². The molecule has 0 heterocycles. The van der Waals surface area contributed by atoms with Crippen LogP contribution in [-0.4, -0.2) is 19.6 Å². The number of hydrogen-bond donors (Lipinski definition) is 1. The Kier molecular flexibility index (Phi) is 4.78. The van der Waals surface area contributed by atoms with Gasteiger partial charge in [-0.1, -0.05) is 84.9 Å². The van der Waals surface area contributed by atoms with Crippen molar-refractivity contribution >= 4 is 32.6 Å². The van der Waals surface area contributed by atoms with E-state index in [1.807, 2.05) is 24.3 Å². The Morgan fingerprint density at radius 1 is 0.724 bits per heavy atom. The maximum atomic E-state index is 13.6. The van der Waals surface area contributed by atoms with Gasteiger partial charge >= 0.3 is 6.09 Å². The molecule has 0 aromatic heterocycles. The molecule has 0 aliphatic heterocycles. The smallest absolute Gasteiger partial charge is 0.426 e. The Hall–Kier alpha value is -3.64. The number of nitrogens with zero attached hydrogens (tertiary/aromatic N) is 1. The molecule has 1 amide bonds. The second-order valence-electron chi connectivity index (χ2n) is 6.41. The SMILES string of the molecule is O=C(O)N(c1cccc2ccccc12)S(=O)(=O)c1ccccc1-c1ccccc1. The van der Waals surface area contributed by atoms with Gasteiger partial charge in [-0.3, -0.25) is 0 Å². The maximum Gasteiger partial charge on any atom is 0.426 e. The summed E-state index contributed by atoms with van der Waals surface area (Å²) in [7, 11) is -4.39. The highest BCUT2D eigenvalue weighted by Crippen LogP contribution is 2.35. The molecule has 144 valence electrons. The molecule has 29 heavy (non-hydrogen) atoms. The summed E-state index contributed by atoms with van der Waals surface area (Å²) >= 11 is 0. The lowest BCUT2D eigenvalue weighted by Crippen LogP contribution is -2.36. The Bertz CT molecular complexity index is 1300. The van der Waals surface area contributed by atoms with Crippen molar-refractivity contribution in [2.24, 2.45) is 0 Å². The van der Waals surface area contributed by atoms with E-state index in [0.29, 0.717) is 20.8 Å². The first-order valence-electron chi connectivity index (χ1n) is 8.90. The molecule has 0 fully saturated rings. The van der Waals surface area contributed by atoms with E-state index < -0.39 is 16.1 Å². The monoisotopic (exact) mass is 403 g/mol. The maximum absolute atomic E-state index is 13.6. The normalized spacial score (nSPS) is 11.3. The molecule has 0 spiro atoms. The van der Waals surface area contributed by atoms with Crippen molar-refractivity contribution < 1.29 is 18.3 Å². The Balaban J connectivity index is 1.96.